The van der Waals surface area contributed by atoms with E-state index >= 15 is 0 Å². The van der Waals surface area contributed by atoms with Crippen molar-refractivity contribution in [2.45, 2.75) is 13.0 Å². The summed E-state index contributed by atoms with van der Waals surface area (Å²) in [6.45, 7) is 3.35. The van der Waals surface area contributed by atoms with Crippen LogP contribution in [-0.2, 0) is 4.79 Å². The Balaban J connectivity index is 1.96. The number of rotatable bonds is 3. The van der Waals surface area contributed by atoms with Gasteiger partial charge in [-0.2, -0.15) is 0 Å². The highest BCUT2D eigenvalue weighted by atomic mass is 35.5. The molecule has 4 amide bonds. The molecule has 24 heavy (non-hydrogen) atoms. The van der Waals surface area contributed by atoms with Gasteiger partial charge in [0.25, 0.3) is 5.91 Å². The van der Waals surface area contributed by atoms with Gasteiger partial charge in [0.2, 0.25) is 5.91 Å². The van der Waals surface area contributed by atoms with Crippen LogP contribution in [0.1, 0.15) is 17.3 Å². The molecule has 1 aliphatic rings. The van der Waals surface area contributed by atoms with Crippen molar-refractivity contribution < 1.29 is 18.8 Å². The second-order valence-electron chi connectivity index (χ2n) is 5.48. The summed E-state index contributed by atoms with van der Waals surface area (Å²) in [4.78, 5) is 38.4. The Labute approximate surface area is 143 Å². The fraction of sp³-hybridized carbons (Fsp3) is 0.400. The van der Waals surface area contributed by atoms with Gasteiger partial charge in [0.15, 0.2) is 0 Å². The minimum atomic E-state index is -0.897. The number of benzene rings is 1. The standard InChI is InChI=1S/C15H18ClFN4O3/c1-9(13(22)19-15(18)24)20-4-6-21(7-5-20)14(23)11-3-2-10(17)8-12(11)16/h2-3,8-9H,4-7H2,1H3,(H3,18,19,22,24)/t9-/m1/s1. The van der Waals surface area contributed by atoms with Crippen molar-refractivity contribution in [2.75, 3.05) is 26.2 Å². The number of nitrogens with two attached hydrogens (primary N) is 1. The molecule has 3 N–H and O–H groups in total. The number of piperazine rings is 1. The quantitative estimate of drug-likeness (QED) is 0.838. The van der Waals surface area contributed by atoms with Crippen molar-refractivity contribution in [1.29, 1.82) is 0 Å². The first-order chi connectivity index (χ1) is 11.3. The maximum Gasteiger partial charge on any atom is 0.318 e. The molecule has 0 saturated carbocycles. The van der Waals surface area contributed by atoms with E-state index in [4.69, 9.17) is 17.3 Å². The third-order valence-electron chi connectivity index (χ3n) is 3.94. The summed E-state index contributed by atoms with van der Waals surface area (Å²) < 4.78 is 13.1. The summed E-state index contributed by atoms with van der Waals surface area (Å²) in [6, 6.07) is 2.21. The number of hydrogen-bond acceptors (Lipinski definition) is 4. The number of nitrogens with one attached hydrogen (secondary N) is 1. The van der Waals surface area contributed by atoms with Crippen LogP contribution in [-0.4, -0.2) is 59.9 Å². The molecule has 1 aliphatic heterocycles. The van der Waals surface area contributed by atoms with Gasteiger partial charge in [0, 0.05) is 26.2 Å². The summed E-state index contributed by atoms with van der Waals surface area (Å²) in [6.07, 6.45) is 0. The van der Waals surface area contributed by atoms with Gasteiger partial charge in [-0.15, -0.1) is 0 Å². The Morgan fingerprint density at radius 3 is 2.42 bits per heavy atom. The van der Waals surface area contributed by atoms with Gasteiger partial charge < -0.3 is 10.6 Å². The molecule has 1 saturated heterocycles. The summed E-state index contributed by atoms with van der Waals surface area (Å²) in [7, 11) is 0. The van der Waals surface area contributed by atoms with Crippen molar-refractivity contribution in [2.24, 2.45) is 5.73 Å². The molecule has 0 aliphatic carbocycles. The average molecular weight is 357 g/mol. The van der Waals surface area contributed by atoms with Crippen LogP contribution in [0.5, 0.6) is 0 Å². The lowest BCUT2D eigenvalue weighted by Gasteiger charge is -2.37. The molecule has 0 bridgehead atoms. The van der Waals surface area contributed by atoms with E-state index in [0.29, 0.717) is 26.2 Å². The molecular weight excluding hydrogens is 339 g/mol. The highest BCUT2D eigenvalue weighted by Gasteiger charge is 2.29. The Morgan fingerprint density at radius 1 is 1.25 bits per heavy atom. The molecule has 0 spiro atoms. The van der Waals surface area contributed by atoms with Crippen molar-refractivity contribution in [1.82, 2.24) is 15.1 Å². The fourth-order valence-electron chi connectivity index (χ4n) is 2.54. The maximum absolute atomic E-state index is 13.1. The number of hydrogen-bond donors (Lipinski definition) is 2. The molecule has 1 aromatic rings. The highest BCUT2D eigenvalue weighted by molar-refractivity contribution is 6.33. The zero-order chi connectivity index (χ0) is 17.9. The predicted molar refractivity (Wildman–Crippen MR) is 86.1 cm³/mol. The number of urea groups is 1. The summed E-state index contributed by atoms with van der Waals surface area (Å²) >= 11 is 5.92. The van der Waals surface area contributed by atoms with Gasteiger partial charge in [-0.05, 0) is 25.1 Å². The molecule has 9 heteroatoms. The summed E-state index contributed by atoms with van der Waals surface area (Å²) in [5, 5.41) is 2.10. The minimum absolute atomic E-state index is 0.0663. The Bertz CT molecular complexity index is 662. The molecule has 0 radical (unpaired) electrons. The monoisotopic (exact) mass is 356 g/mol. The average Bonchev–Trinajstić information content (AvgIpc) is 2.53. The number of carbonyl (C=O) groups is 3. The van der Waals surface area contributed by atoms with E-state index in [0.717, 1.165) is 6.07 Å². The third-order valence-corrected chi connectivity index (χ3v) is 4.25. The van der Waals surface area contributed by atoms with Gasteiger partial charge >= 0.3 is 6.03 Å². The fourth-order valence-corrected chi connectivity index (χ4v) is 2.79. The molecular formula is C15H18ClFN4O3. The largest absolute Gasteiger partial charge is 0.351 e. The van der Waals surface area contributed by atoms with E-state index in [1.807, 2.05) is 10.2 Å². The van der Waals surface area contributed by atoms with E-state index in [2.05, 4.69) is 0 Å². The smallest absolute Gasteiger partial charge is 0.318 e. The first kappa shape index (κ1) is 18.2. The van der Waals surface area contributed by atoms with E-state index in [1.165, 1.54) is 12.1 Å². The van der Waals surface area contributed by atoms with Crippen molar-refractivity contribution in [3.05, 3.63) is 34.6 Å². The van der Waals surface area contributed by atoms with Crippen LogP contribution in [0, 0.1) is 5.82 Å². The normalized spacial score (nSPS) is 16.5. The summed E-state index contributed by atoms with van der Waals surface area (Å²) in [5.41, 5.74) is 5.17. The van der Waals surface area contributed by atoms with Gasteiger partial charge in [-0.3, -0.25) is 19.8 Å². The number of nitrogens with zero attached hydrogens (tertiary/aromatic N) is 2. The number of primary amides is 1. The second kappa shape index (κ2) is 7.59. The van der Waals surface area contributed by atoms with Crippen LogP contribution in [0.15, 0.2) is 18.2 Å². The highest BCUT2D eigenvalue weighted by Crippen LogP contribution is 2.20. The van der Waals surface area contributed by atoms with E-state index in [-0.39, 0.29) is 16.5 Å². The Hall–Kier alpha value is -2.19. The molecule has 7 nitrogen and oxygen atoms in total. The van der Waals surface area contributed by atoms with Gasteiger partial charge in [0.1, 0.15) is 5.82 Å². The molecule has 0 unspecified atom stereocenters. The molecule has 1 atom stereocenters. The van der Waals surface area contributed by atoms with Crippen LogP contribution >= 0.6 is 11.6 Å². The maximum atomic E-state index is 13.1. The lowest BCUT2D eigenvalue weighted by molar-refractivity contribution is -0.125. The lowest BCUT2D eigenvalue weighted by Crippen LogP contribution is -2.56. The zero-order valence-electron chi connectivity index (χ0n) is 13.1. The summed E-state index contributed by atoms with van der Waals surface area (Å²) in [5.74, 6) is -1.27. The number of imide groups is 1. The molecule has 2 rings (SSSR count). The van der Waals surface area contributed by atoms with Crippen LogP contribution < -0.4 is 11.1 Å². The zero-order valence-corrected chi connectivity index (χ0v) is 13.8. The second-order valence-corrected chi connectivity index (χ2v) is 5.89. The molecule has 1 heterocycles. The SMILES string of the molecule is C[C@H](C(=O)NC(N)=O)N1CCN(C(=O)c2ccc(F)cc2Cl)CC1. The minimum Gasteiger partial charge on any atom is -0.351 e. The van der Waals surface area contributed by atoms with Crippen molar-refractivity contribution in [3.63, 3.8) is 0 Å². The van der Waals surface area contributed by atoms with E-state index < -0.39 is 23.8 Å². The molecule has 0 aromatic heterocycles. The van der Waals surface area contributed by atoms with Crippen molar-refractivity contribution in [3.8, 4) is 0 Å². The lowest BCUT2D eigenvalue weighted by atomic mass is 10.1. The van der Waals surface area contributed by atoms with Crippen LogP contribution in [0.3, 0.4) is 0 Å². The van der Waals surface area contributed by atoms with Crippen LogP contribution in [0.25, 0.3) is 0 Å². The number of amides is 4. The van der Waals surface area contributed by atoms with Gasteiger partial charge in [0.05, 0.1) is 16.6 Å². The van der Waals surface area contributed by atoms with Crippen molar-refractivity contribution >= 4 is 29.4 Å². The first-order valence-electron chi connectivity index (χ1n) is 7.38. The van der Waals surface area contributed by atoms with Gasteiger partial charge in [-0.25, -0.2) is 9.18 Å². The third kappa shape index (κ3) is 4.21. The predicted octanol–water partition coefficient (Wildman–Crippen LogP) is 0.820. The Kier molecular flexibility index (Phi) is 5.74. The Morgan fingerprint density at radius 2 is 1.88 bits per heavy atom. The topological polar surface area (TPSA) is 95.7 Å². The van der Waals surface area contributed by atoms with E-state index in [9.17, 15) is 18.8 Å². The molecule has 130 valence electrons. The van der Waals surface area contributed by atoms with Crippen LogP contribution in [0.4, 0.5) is 9.18 Å². The van der Waals surface area contributed by atoms with E-state index in [1.54, 1.807) is 11.8 Å². The van der Waals surface area contributed by atoms with Gasteiger partial charge in [-0.1, -0.05) is 11.6 Å². The first-order valence-corrected chi connectivity index (χ1v) is 7.76. The molecule has 1 fully saturated rings. The van der Waals surface area contributed by atoms with Crippen LogP contribution in [0.2, 0.25) is 5.02 Å². The number of carbonyl (C=O) groups excluding carboxylic acids is 3. The number of halogens is 2. The molecule has 1 aromatic carbocycles.